The molecule has 1 heterocycles. The molecule has 2 aromatic rings. The smallest absolute Gasteiger partial charge is 0.324 e. The van der Waals surface area contributed by atoms with Crippen LogP contribution in [0.3, 0.4) is 0 Å². The van der Waals surface area contributed by atoms with Gasteiger partial charge in [0.1, 0.15) is 0 Å². The third-order valence-electron chi connectivity index (χ3n) is 2.90. The molecule has 0 radical (unpaired) electrons. The molecule has 130 valence electrons. The normalized spacial score (nSPS) is 10.6. The zero-order valence-corrected chi connectivity index (χ0v) is 14.3. The highest BCUT2D eigenvalue weighted by Crippen LogP contribution is 2.22. The second-order valence-corrected chi connectivity index (χ2v) is 6.26. The molecule has 0 unspecified atom stereocenters. The topological polar surface area (TPSA) is 114 Å². The lowest BCUT2D eigenvalue weighted by Gasteiger charge is -2.06. The van der Waals surface area contributed by atoms with Gasteiger partial charge in [-0.1, -0.05) is 35.1 Å². The summed E-state index contributed by atoms with van der Waals surface area (Å²) in [6, 6.07) is 9.66. The van der Waals surface area contributed by atoms with Crippen LogP contribution >= 0.6 is 22.9 Å². The number of nitro groups is 1. The molecule has 25 heavy (non-hydrogen) atoms. The summed E-state index contributed by atoms with van der Waals surface area (Å²) in [6.07, 6.45) is 1.22. The summed E-state index contributed by atoms with van der Waals surface area (Å²) in [4.78, 5) is 34.0. The minimum Gasteiger partial charge on any atom is -0.325 e. The Kier molecular flexibility index (Phi) is 6.61. The monoisotopic (exact) mass is 380 g/mol. The molecule has 0 bridgehead atoms. The number of amides is 2. The molecule has 2 amide bonds. The summed E-state index contributed by atoms with van der Waals surface area (Å²) in [7, 11) is 0. The number of thiophene rings is 1. The molecule has 2 rings (SSSR count). The zero-order valence-electron chi connectivity index (χ0n) is 12.8. The Morgan fingerprint density at radius 3 is 2.60 bits per heavy atom. The number of benzene rings is 1. The van der Waals surface area contributed by atoms with E-state index in [1.807, 2.05) is 0 Å². The molecule has 1 aromatic heterocycles. The van der Waals surface area contributed by atoms with Gasteiger partial charge in [0, 0.05) is 18.9 Å². The first-order chi connectivity index (χ1) is 12.0. The van der Waals surface area contributed by atoms with Crippen molar-refractivity contribution < 1.29 is 14.5 Å². The number of hydrogen-bond donors (Lipinski definition) is 2. The van der Waals surface area contributed by atoms with Gasteiger partial charge in [-0.05, 0) is 18.2 Å². The highest BCUT2D eigenvalue weighted by Gasteiger charge is 2.09. The fraction of sp³-hybridized carbons (Fsp3) is 0.133. The van der Waals surface area contributed by atoms with E-state index in [0.717, 1.165) is 11.3 Å². The predicted octanol–water partition coefficient (Wildman–Crippen LogP) is 3.18. The highest BCUT2D eigenvalue weighted by molar-refractivity contribution is 7.16. The van der Waals surface area contributed by atoms with Gasteiger partial charge in [0.25, 0.3) is 0 Å². The number of nitrogens with one attached hydrogen (secondary N) is 2. The third kappa shape index (κ3) is 5.98. The number of carbonyl (C=O) groups excluding carboxylic acids is 2. The molecule has 0 aliphatic heterocycles. The third-order valence-corrected chi connectivity index (χ3v) is 4.20. The van der Waals surface area contributed by atoms with Crippen molar-refractivity contribution in [1.82, 2.24) is 5.43 Å². The molecule has 8 nitrogen and oxygen atoms in total. The molecule has 0 atom stereocenters. The molecular weight excluding hydrogens is 368 g/mol. The Morgan fingerprint density at radius 1 is 1.20 bits per heavy atom. The quantitative estimate of drug-likeness (QED) is 0.436. The molecule has 0 saturated carbocycles. The van der Waals surface area contributed by atoms with Crippen LogP contribution in [-0.2, 0) is 9.59 Å². The summed E-state index contributed by atoms with van der Waals surface area (Å²) in [5.74, 6) is -0.794. The first-order valence-corrected chi connectivity index (χ1v) is 8.25. The van der Waals surface area contributed by atoms with Crippen LogP contribution in [0.1, 0.15) is 17.7 Å². The lowest BCUT2D eigenvalue weighted by molar-refractivity contribution is -0.380. The number of carbonyl (C=O) groups is 2. The second kappa shape index (κ2) is 8.90. The van der Waals surface area contributed by atoms with Crippen LogP contribution in [0.25, 0.3) is 0 Å². The largest absolute Gasteiger partial charge is 0.325 e. The van der Waals surface area contributed by atoms with Crippen LogP contribution in [0, 0.1) is 10.1 Å². The van der Waals surface area contributed by atoms with E-state index in [-0.39, 0.29) is 23.7 Å². The molecule has 0 aliphatic carbocycles. The predicted molar refractivity (Wildman–Crippen MR) is 96.0 cm³/mol. The van der Waals surface area contributed by atoms with Gasteiger partial charge in [-0.15, -0.1) is 0 Å². The van der Waals surface area contributed by atoms with Crippen molar-refractivity contribution in [1.29, 1.82) is 0 Å². The Bertz CT molecular complexity index is 821. The molecule has 0 aliphatic rings. The van der Waals surface area contributed by atoms with Gasteiger partial charge in [0.15, 0.2) is 0 Å². The molecule has 0 saturated heterocycles. The number of rotatable bonds is 7. The van der Waals surface area contributed by atoms with Crippen molar-refractivity contribution in [3.8, 4) is 0 Å². The zero-order chi connectivity index (χ0) is 18.2. The Morgan fingerprint density at radius 2 is 1.92 bits per heavy atom. The van der Waals surface area contributed by atoms with Crippen molar-refractivity contribution in [3.05, 3.63) is 56.4 Å². The molecule has 2 N–H and O–H groups in total. The van der Waals surface area contributed by atoms with Crippen molar-refractivity contribution in [3.63, 3.8) is 0 Å². The van der Waals surface area contributed by atoms with E-state index in [0.29, 0.717) is 15.6 Å². The lowest BCUT2D eigenvalue weighted by Crippen LogP contribution is -2.20. The number of hydrogen-bond acceptors (Lipinski definition) is 6. The molecule has 0 fully saturated rings. The van der Waals surface area contributed by atoms with E-state index in [4.69, 9.17) is 11.6 Å². The number of anilines is 1. The van der Waals surface area contributed by atoms with E-state index in [2.05, 4.69) is 15.8 Å². The van der Waals surface area contributed by atoms with Crippen LogP contribution in [0.4, 0.5) is 10.7 Å². The van der Waals surface area contributed by atoms with E-state index in [1.165, 1.54) is 18.3 Å². The Labute approximate surface area is 151 Å². The van der Waals surface area contributed by atoms with Gasteiger partial charge in [-0.2, -0.15) is 5.10 Å². The maximum absolute atomic E-state index is 11.8. The maximum Gasteiger partial charge on any atom is 0.324 e. The van der Waals surface area contributed by atoms with Crippen molar-refractivity contribution >= 4 is 51.7 Å². The summed E-state index contributed by atoms with van der Waals surface area (Å²) in [5.41, 5.74) is 2.74. The first kappa shape index (κ1) is 18.6. The van der Waals surface area contributed by atoms with Crippen LogP contribution in [-0.4, -0.2) is 23.0 Å². The fourth-order valence-electron chi connectivity index (χ4n) is 1.74. The van der Waals surface area contributed by atoms with Crippen molar-refractivity contribution in [2.45, 2.75) is 12.8 Å². The summed E-state index contributed by atoms with van der Waals surface area (Å²) in [6.45, 7) is 0. The maximum atomic E-state index is 11.8. The molecular formula is C15H13ClN4O4S. The van der Waals surface area contributed by atoms with Gasteiger partial charge < -0.3 is 5.32 Å². The number of hydrazone groups is 1. The summed E-state index contributed by atoms with van der Waals surface area (Å²) in [5, 5.41) is 17.3. The Hall–Kier alpha value is -2.78. The van der Waals surface area contributed by atoms with Gasteiger partial charge >= 0.3 is 5.00 Å². The lowest BCUT2D eigenvalue weighted by atomic mass is 10.2. The van der Waals surface area contributed by atoms with Crippen LogP contribution in [0.5, 0.6) is 0 Å². The average molecular weight is 381 g/mol. The number of para-hydroxylation sites is 1. The van der Waals surface area contributed by atoms with Gasteiger partial charge in [0.05, 0.1) is 26.7 Å². The fourth-order valence-corrected chi connectivity index (χ4v) is 2.61. The van der Waals surface area contributed by atoms with Crippen molar-refractivity contribution in [2.75, 3.05) is 5.32 Å². The highest BCUT2D eigenvalue weighted by atomic mass is 35.5. The van der Waals surface area contributed by atoms with Crippen LogP contribution in [0.2, 0.25) is 5.02 Å². The average Bonchev–Trinajstić information content (AvgIpc) is 3.04. The van der Waals surface area contributed by atoms with E-state index in [1.54, 1.807) is 24.3 Å². The van der Waals surface area contributed by atoms with E-state index < -0.39 is 10.8 Å². The molecule has 0 spiro atoms. The minimum absolute atomic E-state index is 0.0102. The first-order valence-electron chi connectivity index (χ1n) is 7.06. The van der Waals surface area contributed by atoms with Crippen LogP contribution < -0.4 is 10.7 Å². The van der Waals surface area contributed by atoms with Gasteiger partial charge in [-0.25, -0.2) is 5.43 Å². The summed E-state index contributed by atoms with van der Waals surface area (Å²) < 4.78 is 0. The minimum atomic E-state index is -0.502. The van der Waals surface area contributed by atoms with Crippen molar-refractivity contribution in [2.24, 2.45) is 5.10 Å². The summed E-state index contributed by atoms with van der Waals surface area (Å²) >= 11 is 6.86. The van der Waals surface area contributed by atoms with E-state index >= 15 is 0 Å². The SMILES string of the molecule is O=C(CCC(=O)Nc1ccccc1Cl)N/N=C/c1ccc([N+](=O)[O-])s1. The number of nitrogens with zero attached hydrogens (tertiary/aromatic N) is 2. The Balaban J connectivity index is 1.74. The van der Waals surface area contributed by atoms with Gasteiger partial charge in [-0.3, -0.25) is 19.7 Å². The molecule has 10 heteroatoms. The molecule has 1 aromatic carbocycles. The van der Waals surface area contributed by atoms with Gasteiger partial charge in [0.2, 0.25) is 11.8 Å². The standard InChI is InChI=1S/C15H13ClN4O4S/c16-11-3-1-2-4-12(11)18-13(21)6-7-14(22)19-17-9-10-5-8-15(25-10)20(23)24/h1-5,8-9H,6-7H2,(H,18,21)(H,19,22)/b17-9+. The van der Waals surface area contributed by atoms with E-state index in [9.17, 15) is 19.7 Å². The van der Waals surface area contributed by atoms with Crippen LogP contribution in [0.15, 0.2) is 41.5 Å². The second-order valence-electron chi connectivity index (χ2n) is 4.75. The number of halogens is 1.